The Kier molecular flexibility index (Phi) is 17.7. The quantitative estimate of drug-likeness (QED) is 0.0155. The summed E-state index contributed by atoms with van der Waals surface area (Å²) in [5.41, 5.74) is 3.12. The smallest absolute Gasteiger partial charge is 0.305 e. The molecule has 2 aliphatic heterocycles. The third kappa shape index (κ3) is 13.4. The molecule has 0 saturated heterocycles. The van der Waals surface area contributed by atoms with Gasteiger partial charge >= 0.3 is 5.97 Å². The molecule has 1 aliphatic carbocycles. The molecule has 0 radical (unpaired) electrons. The minimum atomic E-state index is -4.51. The third-order valence-electron chi connectivity index (χ3n) is 14.5. The predicted molar refractivity (Wildman–Crippen MR) is 296 cm³/mol. The van der Waals surface area contributed by atoms with Crippen molar-refractivity contribution in [3.63, 3.8) is 0 Å². The number of rotatable bonds is 23. The van der Waals surface area contributed by atoms with Gasteiger partial charge in [-0.25, -0.2) is 0 Å². The van der Waals surface area contributed by atoms with E-state index in [-0.39, 0.29) is 64.3 Å². The molecule has 1 unspecified atom stereocenters. The van der Waals surface area contributed by atoms with E-state index in [2.05, 4.69) is 38.3 Å². The molecule has 1 atom stereocenters. The molecule has 2 heterocycles. The molecule has 76 heavy (non-hydrogen) atoms. The van der Waals surface area contributed by atoms with Gasteiger partial charge in [-0.1, -0.05) is 93.1 Å². The summed E-state index contributed by atoms with van der Waals surface area (Å²) in [4.78, 5) is 43.8. The number of nitrogens with zero attached hydrogens (tertiary/aromatic N) is 2. The Morgan fingerprint density at radius 3 is 1.92 bits per heavy atom. The van der Waals surface area contributed by atoms with E-state index in [9.17, 15) is 53.3 Å². The number of hydrogen-bond donors (Lipinski definition) is 5. The number of benzene rings is 4. The minimum absolute atomic E-state index is 0.0987. The first-order valence-corrected chi connectivity index (χ1v) is 30.4. The molecule has 0 saturated carbocycles. The molecule has 0 spiro atoms. The maximum Gasteiger partial charge on any atom is 0.305 e. The van der Waals surface area contributed by atoms with Crippen LogP contribution in [-0.4, -0.2) is 117 Å². The standard InChI is InChI=1S/C56H68N4O13S3/c1-6-73-49(61)20-8-7-13-29-57-52(62)56(53(63)58-30-35-76(70,71)72)37-39(21-27-47-54(2,3)50-43-18-11-9-16-41(43)23-25-45(50)59(47)31-14-33-74(64,65)66)36-40(38-56)22-28-48-55(4,5)51-44-19-12-10-17-42(44)24-26-46(51)60(48)32-15-34-75(67,68)69/h9-12,16-19,21-28,36H,6-8,13-15,20,29-35,37-38H2,1-5H3,(H4-,57,58,62,63,64,65,66,67,68,69,70,71,72)/p+1. The lowest BCUT2D eigenvalue weighted by Gasteiger charge is -2.35. The summed E-state index contributed by atoms with van der Waals surface area (Å²) >= 11 is 0. The highest BCUT2D eigenvalue weighted by Gasteiger charge is 2.49. The van der Waals surface area contributed by atoms with Crippen molar-refractivity contribution in [1.82, 2.24) is 10.6 Å². The van der Waals surface area contributed by atoms with Crippen molar-refractivity contribution in [2.45, 2.75) is 96.8 Å². The number of unbranched alkanes of at least 4 members (excludes halogenated alkanes) is 2. The lowest BCUT2D eigenvalue weighted by atomic mass is 9.70. The first kappa shape index (κ1) is 57.7. The molecule has 4 aromatic carbocycles. The zero-order valence-electron chi connectivity index (χ0n) is 43.7. The molecule has 4 aromatic rings. The van der Waals surface area contributed by atoms with E-state index in [0.717, 1.165) is 55.5 Å². The predicted octanol–water partition coefficient (Wildman–Crippen LogP) is 8.04. The molecule has 17 nitrogen and oxygen atoms in total. The SMILES string of the molecule is CCOC(=O)CCCCCNC(=O)C1(C(=O)NCCS(=O)(=O)O)CC(/C=C/C2=[N+](CCCS(=O)(=O)O)c3ccc4ccccc4c3C2(C)C)=CC(=C/C=C2/N(CCCS(=O)(=O)O)c3ccc4ccccc4c3C2(C)C)/C1. The summed E-state index contributed by atoms with van der Waals surface area (Å²) in [6, 6.07) is 23.9. The van der Waals surface area contributed by atoms with Crippen molar-refractivity contribution < 1.29 is 62.6 Å². The van der Waals surface area contributed by atoms with Gasteiger partial charge in [0.2, 0.25) is 17.5 Å². The first-order valence-electron chi connectivity index (χ1n) is 25.6. The van der Waals surface area contributed by atoms with Crippen LogP contribution in [0.3, 0.4) is 0 Å². The number of carbonyl (C=O) groups is 3. The van der Waals surface area contributed by atoms with Crippen LogP contribution in [0.4, 0.5) is 11.4 Å². The van der Waals surface area contributed by atoms with Crippen molar-refractivity contribution in [2.24, 2.45) is 5.41 Å². The van der Waals surface area contributed by atoms with E-state index < -0.39 is 82.2 Å². The molecule has 3 aliphatic rings. The van der Waals surface area contributed by atoms with E-state index in [1.54, 1.807) is 6.92 Å². The topological polar surface area (TPSA) is 254 Å². The van der Waals surface area contributed by atoms with Crippen LogP contribution in [0.2, 0.25) is 0 Å². The Bertz CT molecular complexity index is 3430. The number of anilines is 1. The van der Waals surface area contributed by atoms with Gasteiger partial charge in [-0.15, -0.1) is 0 Å². The molecule has 0 fully saturated rings. The van der Waals surface area contributed by atoms with Gasteiger partial charge in [-0.3, -0.25) is 28.0 Å². The normalized spacial score (nSPS) is 19.4. The third-order valence-corrected chi connectivity index (χ3v) is 16.9. The summed E-state index contributed by atoms with van der Waals surface area (Å²) in [5.74, 6) is -3.48. The van der Waals surface area contributed by atoms with Gasteiger partial charge in [0, 0.05) is 67.0 Å². The van der Waals surface area contributed by atoms with Gasteiger partial charge < -0.3 is 20.3 Å². The number of ether oxygens (including phenoxy) is 1. The summed E-state index contributed by atoms with van der Waals surface area (Å²) in [7, 11) is -13.1. The van der Waals surface area contributed by atoms with E-state index >= 15 is 0 Å². The number of carbonyl (C=O) groups excluding carboxylic acids is 3. The zero-order valence-corrected chi connectivity index (χ0v) is 46.1. The van der Waals surface area contributed by atoms with Crippen LogP contribution in [0.25, 0.3) is 21.5 Å². The van der Waals surface area contributed by atoms with Crippen LogP contribution in [-0.2, 0) is 60.3 Å². The van der Waals surface area contributed by atoms with Crippen LogP contribution in [0, 0.1) is 5.41 Å². The fraction of sp³-hybridized carbons (Fsp3) is 0.429. The number of hydrogen-bond acceptors (Lipinski definition) is 11. The second-order valence-corrected chi connectivity index (χ2v) is 25.5. The summed E-state index contributed by atoms with van der Waals surface area (Å²) in [6.45, 7) is 10.3. The minimum Gasteiger partial charge on any atom is -0.466 e. The van der Waals surface area contributed by atoms with Crippen LogP contribution in [0.5, 0.6) is 0 Å². The molecule has 5 N–H and O–H groups in total. The molecule has 0 bridgehead atoms. The maximum atomic E-state index is 14.9. The number of amides is 2. The molecule has 2 amide bonds. The van der Waals surface area contributed by atoms with Gasteiger partial charge in [-0.2, -0.15) is 29.8 Å². The Labute approximate surface area is 446 Å². The summed E-state index contributed by atoms with van der Waals surface area (Å²) < 4.78 is 108. The first-order chi connectivity index (χ1) is 35.8. The van der Waals surface area contributed by atoms with Crippen LogP contribution in [0.15, 0.2) is 120 Å². The lowest BCUT2D eigenvalue weighted by molar-refractivity contribution is -0.437. The van der Waals surface area contributed by atoms with Crippen molar-refractivity contribution >= 4 is 86.8 Å². The van der Waals surface area contributed by atoms with Gasteiger partial charge in [0.15, 0.2) is 5.71 Å². The lowest BCUT2D eigenvalue weighted by Crippen LogP contribution is -2.53. The highest BCUT2D eigenvalue weighted by molar-refractivity contribution is 7.86. The number of esters is 1. The Balaban J connectivity index is 1.36. The fourth-order valence-electron chi connectivity index (χ4n) is 11.1. The van der Waals surface area contributed by atoms with Crippen LogP contribution in [0.1, 0.15) is 97.1 Å². The van der Waals surface area contributed by atoms with Crippen molar-refractivity contribution in [2.75, 3.05) is 54.9 Å². The average Bonchev–Trinajstić information content (AvgIpc) is 3.72. The summed E-state index contributed by atoms with van der Waals surface area (Å²) in [5, 5.41) is 9.59. The number of allylic oxidation sites excluding steroid dienone is 8. The molecular formula is C56H69N4O13S3+. The second kappa shape index (κ2) is 23.3. The molecule has 20 heteroatoms. The van der Waals surface area contributed by atoms with Gasteiger partial charge in [-0.05, 0) is 109 Å². The van der Waals surface area contributed by atoms with Crippen molar-refractivity contribution in [3.8, 4) is 0 Å². The largest absolute Gasteiger partial charge is 0.466 e. The molecule has 408 valence electrons. The van der Waals surface area contributed by atoms with Crippen LogP contribution < -0.4 is 15.5 Å². The van der Waals surface area contributed by atoms with Crippen LogP contribution >= 0.6 is 0 Å². The number of fused-ring (bicyclic) bond motifs is 6. The van der Waals surface area contributed by atoms with Crippen molar-refractivity contribution in [1.29, 1.82) is 0 Å². The van der Waals surface area contributed by atoms with E-state index in [0.29, 0.717) is 30.4 Å². The van der Waals surface area contributed by atoms with Gasteiger partial charge in [0.25, 0.3) is 30.4 Å². The van der Waals surface area contributed by atoms with E-state index in [4.69, 9.17) is 4.74 Å². The van der Waals surface area contributed by atoms with Crippen molar-refractivity contribution in [3.05, 3.63) is 131 Å². The van der Waals surface area contributed by atoms with E-state index in [1.807, 2.05) is 113 Å². The summed E-state index contributed by atoms with van der Waals surface area (Å²) in [6.07, 6.45) is 11.0. The Morgan fingerprint density at radius 1 is 0.671 bits per heavy atom. The van der Waals surface area contributed by atoms with Gasteiger partial charge in [0.1, 0.15) is 12.0 Å². The Hall–Kier alpha value is -6.03. The van der Waals surface area contributed by atoms with E-state index in [1.165, 1.54) is 0 Å². The fourth-order valence-corrected chi connectivity index (χ4v) is 12.5. The highest BCUT2D eigenvalue weighted by atomic mass is 32.2. The molecular weight excluding hydrogens is 1030 g/mol. The highest BCUT2D eigenvalue weighted by Crippen LogP contribution is 2.51. The monoisotopic (exact) mass is 1100 g/mol. The Morgan fingerprint density at radius 2 is 1.28 bits per heavy atom. The average molecular weight is 1100 g/mol. The van der Waals surface area contributed by atoms with Gasteiger partial charge in [0.05, 0.1) is 29.3 Å². The number of nitrogens with one attached hydrogen (secondary N) is 2. The maximum absolute atomic E-state index is 14.9. The zero-order chi connectivity index (χ0) is 55.3. The molecule has 0 aromatic heterocycles. The molecule has 7 rings (SSSR count). The second-order valence-electron chi connectivity index (χ2n) is 20.8.